The van der Waals surface area contributed by atoms with E-state index in [4.69, 9.17) is 4.74 Å². The van der Waals surface area contributed by atoms with Gasteiger partial charge in [-0.3, -0.25) is 0 Å². The fourth-order valence-electron chi connectivity index (χ4n) is 2.52. The van der Waals surface area contributed by atoms with E-state index in [1.807, 2.05) is 13.8 Å². The first kappa shape index (κ1) is 13.4. The predicted octanol–water partition coefficient (Wildman–Crippen LogP) is 2.83. The van der Waals surface area contributed by atoms with Crippen molar-refractivity contribution in [3.05, 3.63) is 11.9 Å². The Morgan fingerprint density at radius 3 is 2.94 bits per heavy atom. The Hall–Kier alpha value is -1.03. The van der Waals surface area contributed by atoms with Crippen LogP contribution in [0.4, 0.5) is 5.95 Å². The van der Waals surface area contributed by atoms with Gasteiger partial charge in [0, 0.05) is 32.0 Å². The summed E-state index contributed by atoms with van der Waals surface area (Å²) in [5.74, 6) is 1.89. The van der Waals surface area contributed by atoms with Crippen LogP contribution in [0, 0.1) is 12.8 Å². The molecule has 0 aromatic carbocycles. The molecule has 0 bridgehead atoms. The van der Waals surface area contributed by atoms with Gasteiger partial charge in [0.05, 0.1) is 5.69 Å². The molecule has 102 valence electrons. The summed E-state index contributed by atoms with van der Waals surface area (Å²) in [6, 6.07) is 0.618. The molecule has 0 amide bonds. The summed E-state index contributed by atoms with van der Waals surface area (Å²) in [5, 5.41) is 3.55. The van der Waals surface area contributed by atoms with Crippen molar-refractivity contribution in [1.82, 2.24) is 9.55 Å². The molecule has 18 heavy (non-hydrogen) atoms. The van der Waals surface area contributed by atoms with Crippen molar-refractivity contribution >= 4 is 5.95 Å². The fourth-order valence-corrected chi connectivity index (χ4v) is 2.52. The second-order valence-electron chi connectivity index (χ2n) is 5.37. The van der Waals surface area contributed by atoms with Gasteiger partial charge in [0.1, 0.15) is 0 Å². The molecule has 4 nitrogen and oxygen atoms in total. The molecule has 1 aliphatic rings. The van der Waals surface area contributed by atoms with E-state index in [2.05, 4.69) is 28.0 Å². The van der Waals surface area contributed by atoms with Gasteiger partial charge in [-0.05, 0) is 39.0 Å². The molecule has 1 heterocycles. The summed E-state index contributed by atoms with van der Waals surface area (Å²) in [5.41, 5.74) is 1.08. The van der Waals surface area contributed by atoms with Gasteiger partial charge in [0.25, 0.3) is 0 Å². The lowest BCUT2D eigenvalue weighted by molar-refractivity contribution is 0.141. The SMILES string of the molecule is CCOCCCn1cc(C)nc1NC1CC(C)C1. The van der Waals surface area contributed by atoms with Crippen LogP contribution in [0.15, 0.2) is 6.20 Å². The number of hydrogen-bond acceptors (Lipinski definition) is 3. The molecule has 0 saturated heterocycles. The molecule has 0 radical (unpaired) electrons. The maximum absolute atomic E-state index is 5.38. The summed E-state index contributed by atoms with van der Waals surface area (Å²) < 4.78 is 7.59. The number of rotatable bonds is 7. The molecule has 1 aliphatic carbocycles. The van der Waals surface area contributed by atoms with E-state index >= 15 is 0 Å². The molecular formula is C14H25N3O. The predicted molar refractivity (Wildman–Crippen MR) is 73.9 cm³/mol. The van der Waals surface area contributed by atoms with Crippen molar-refractivity contribution in [2.75, 3.05) is 18.5 Å². The highest BCUT2D eigenvalue weighted by molar-refractivity contribution is 5.31. The summed E-state index contributed by atoms with van der Waals surface area (Å²) in [6.45, 7) is 8.99. The van der Waals surface area contributed by atoms with Crippen molar-refractivity contribution in [2.24, 2.45) is 5.92 Å². The summed E-state index contributed by atoms with van der Waals surface area (Å²) in [4.78, 5) is 4.57. The zero-order valence-corrected chi connectivity index (χ0v) is 11.8. The zero-order chi connectivity index (χ0) is 13.0. The number of nitrogens with zero attached hydrogens (tertiary/aromatic N) is 2. The van der Waals surface area contributed by atoms with Gasteiger partial charge in [-0.2, -0.15) is 0 Å². The number of imidazole rings is 1. The minimum absolute atomic E-state index is 0.618. The van der Waals surface area contributed by atoms with Gasteiger partial charge in [-0.1, -0.05) is 6.92 Å². The monoisotopic (exact) mass is 251 g/mol. The highest BCUT2D eigenvalue weighted by Crippen LogP contribution is 2.29. The first-order chi connectivity index (χ1) is 8.69. The van der Waals surface area contributed by atoms with Gasteiger partial charge in [-0.25, -0.2) is 4.98 Å². The van der Waals surface area contributed by atoms with Gasteiger partial charge in [0.15, 0.2) is 0 Å². The quantitative estimate of drug-likeness (QED) is 0.757. The molecule has 1 saturated carbocycles. The van der Waals surface area contributed by atoms with Gasteiger partial charge < -0.3 is 14.6 Å². The maximum atomic E-state index is 5.38. The maximum Gasteiger partial charge on any atom is 0.203 e. The molecule has 0 unspecified atom stereocenters. The molecular weight excluding hydrogens is 226 g/mol. The zero-order valence-electron chi connectivity index (χ0n) is 11.8. The van der Waals surface area contributed by atoms with Crippen LogP contribution in [-0.2, 0) is 11.3 Å². The van der Waals surface area contributed by atoms with Crippen molar-refractivity contribution in [1.29, 1.82) is 0 Å². The molecule has 1 N–H and O–H groups in total. The third-order valence-corrected chi connectivity index (χ3v) is 3.50. The van der Waals surface area contributed by atoms with Crippen LogP contribution < -0.4 is 5.32 Å². The second-order valence-corrected chi connectivity index (χ2v) is 5.37. The Morgan fingerprint density at radius 2 is 2.28 bits per heavy atom. The standard InChI is InChI=1S/C14H25N3O/c1-4-18-7-5-6-17-10-12(3)15-14(17)16-13-8-11(2)9-13/h10-11,13H,4-9H2,1-3H3,(H,15,16). The molecule has 0 atom stereocenters. The van der Waals surface area contributed by atoms with E-state index in [0.29, 0.717) is 6.04 Å². The summed E-state index contributed by atoms with van der Waals surface area (Å²) >= 11 is 0. The minimum Gasteiger partial charge on any atom is -0.382 e. The number of nitrogens with one attached hydrogen (secondary N) is 1. The smallest absolute Gasteiger partial charge is 0.203 e. The van der Waals surface area contributed by atoms with E-state index < -0.39 is 0 Å². The number of anilines is 1. The van der Waals surface area contributed by atoms with Gasteiger partial charge >= 0.3 is 0 Å². The average Bonchev–Trinajstić information content (AvgIpc) is 2.63. The van der Waals surface area contributed by atoms with Crippen molar-refractivity contribution in [3.8, 4) is 0 Å². The number of ether oxygens (including phenoxy) is 1. The van der Waals surface area contributed by atoms with Crippen LogP contribution in [0.1, 0.15) is 38.8 Å². The first-order valence-corrected chi connectivity index (χ1v) is 7.07. The summed E-state index contributed by atoms with van der Waals surface area (Å²) in [6.07, 6.45) is 5.70. The molecule has 0 spiro atoms. The molecule has 4 heteroatoms. The summed E-state index contributed by atoms with van der Waals surface area (Å²) in [7, 11) is 0. The number of aryl methyl sites for hydroxylation is 2. The Balaban J connectivity index is 1.84. The van der Waals surface area contributed by atoms with Crippen LogP contribution in [0.25, 0.3) is 0 Å². The molecule has 2 rings (SSSR count). The van der Waals surface area contributed by atoms with Gasteiger partial charge in [0.2, 0.25) is 5.95 Å². The van der Waals surface area contributed by atoms with E-state index in [9.17, 15) is 0 Å². The van der Waals surface area contributed by atoms with Gasteiger partial charge in [-0.15, -0.1) is 0 Å². The highest BCUT2D eigenvalue weighted by atomic mass is 16.5. The van der Waals surface area contributed by atoms with Crippen LogP contribution in [0.5, 0.6) is 0 Å². The Kier molecular flexibility index (Phi) is 4.64. The normalized spacial score (nSPS) is 22.8. The first-order valence-electron chi connectivity index (χ1n) is 7.07. The Bertz CT molecular complexity index is 369. The lowest BCUT2D eigenvalue weighted by atomic mass is 9.82. The fraction of sp³-hybridized carbons (Fsp3) is 0.786. The molecule has 0 aliphatic heterocycles. The number of aromatic nitrogens is 2. The molecule has 1 fully saturated rings. The largest absolute Gasteiger partial charge is 0.382 e. The van der Waals surface area contributed by atoms with Crippen LogP contribution in [0.2, 0.25) is 0 Å². The molecule has 1 aromatic heterocycles. The number of hydrogen-bond donors (Lipinski definition) is 1. The molecule has 1 aromatic rings. The van der Waals surface area contributed by atoms with E-state index in [1.165, 1.54) is 12.8 Å². The van der Waals surface area contributed by atoms with E-state index in [1.54, 1.807) is 0 Å². The van der Waals surface area contributed by atoms with Crippen LogP contribution in [0.3, 0.4) is 0 Å². The average molecular weight is 251 g/mol. The lowest BCUT2D eigenvalue weighted by Crippen LogP contribution is -2.34. The second kappa shape index (κ2) is 6.23. The van der Waals surface area contributed by atoms with E-state index in [-0.39, 0.29) is 0 Å². The lowest BCUT2D eigenvalue weighted by Gasteiger charge is -2.33. The minimum atomic E-state index is 0.618. The van der Waals surface area contributed by atoms with Crippen molar-refractivity contribution in [3.63, 3.8) is 0 Å². The van der Waals surface area contributed by atoms with E-state index in [0.717, 1.165) is 43.7 Å². The van der Waals surface area contributed by atoms with Crippen molar-refractivity contribution < 1.29 is 4.74 Å². The Labute approximate surface area is 110 Å². The Morgan fingerprint density at radius 1 is 1.50 bits per heavy atom. The van der Waals surface area contributed by atoms with Crippen molar-refractivity contribution in [2.45, 2.75) is 52.6 Å². The van der Waals surface area contributed by atoms with Crippen LogP contribution in [-0.4, -0.2) is 28.8 Å². The topological polar surface area (TPSA) is 39.1 Å². The van der Waals surface area contributed by atoms with Crippen LogP contribution >= 0.6 is 0 Å². The highest BCUT2D eigenvalue weighted by Gasteiger charge is 2.26. The third kappa shape index (κ3) is 3.48. The third-order valence-electron chi connectivity index (χ3n) is 3.50.